The maximum atomic E-state index is 12.7. The van der Waals surface area contributed by atoms with E-state index in [9.17, 15) is 14.7 Å². The minimum absolute atomic E-state index is 0.0827. The van der Waals surface area contributed by atoms with Crippen molar-refractivity contribution in [2.45, 2.75) is 24.8 Å². The van der Waals surface area contributed by atoms with E-state index < -0.39 is 17.6 Å². The van der Waals surface area contributed by atoms with E-state index in [1.807, 2.05) is 36.4 Å². The van der Waals surface area contributed by atoms with Crippen molar-refractivity contribution in [2.24, 2.45) is 0 Å². The van der Waals surface area contributed by atoms with Gasteiger partial charge in [-0.15, -0.1) is 0 Å². The van der Waals surface area contributed by atoms with Crippen LogP contribution in [0.1, 0.15) is 36.0 Å². The summed E-state index contributed by atoms with van der Waals surface area (Å²) in [5, 5.41) is 12.5. The molecule has 1 aliphatic carbocycles. The summed E-state index contributed by atoms with van der Waals surface area (Å²) in [4.78, 5) is 24.8. The third-order valence-corrected chi connectivity index (χ3v) is 5.82. The topological polar surface area (TPSA) is 75.6 Å². The number of carboxylic acids is 1. The lowest BCUT2D eigenvalue weighted by atomic mass is 9.87. The van der Waals surface area contributed by atoms with Crippen LogP contribution in [0, 0.1) is 0 Å². The Bertz CT molecular complexity index is 1030. The number of alkyl carbamates (subject to hydrolysis) is 1. The fourth-order valence-electron chi connectivity index (χ4n) is 4.22. The summed E-state index contributed by atoms with van der Waals surface area (Å²) in [6.45, 7) is 1.86. The Balaban J connectivity index is 1.54. The highest BCUT2D eigenvalue weighted by molar-refractivity contribution is 5.86. The molecule has 1 aliphatic rings. The Kier molecular flexibility index (Phi) is 5.27. The van der Waals surface area contributed by atoms with Gasteiger partial charge in [0, 0.05) is 5.92 Å². The molecule has 152 valence electrons. The van der Waals surface area contributed by atoms with E-state index in [1.54, 1.807) is 37.3 Å². The van der Waals surface area contributed by atoms with Gasteiger partial charge in [0.2, 0.25) is 0 Å². The molecule has 3 aromatic rings. The number of amides is 1. The zero-order valence-corrected chi connectivity index (χ0v) is 16.7. The number of ether oxygens (including phenoxy) is 1. The highest BCUT2D eigenvalue weighted by atomic mass is 16.5. The molecule has 0 spiro atoms. The van der Waals surface area contributed by atoms with E-state index in [4.69, 9.17) is 4.74 Å². The number of nitrogens with one attached hydrogen (secondary N) is 1. The molecule has 30 heavy (non-hydrogen) atoms. The van der Waals surface area contributed by atoms with Gasteiger partial charge in [-0.3, -0.25) is 0 Å². The summed E-state index contributed by atoms with van der Waals surface area (Å²) in [5.41, 5.74) is 3.46. The normalized spacial score (nSPS) is 14.3. The molecule has 5 nitrogen and oxygen atoms in total. The van der Waals surface area contributed by atoms with Crippen LogP contribution in [-0.2, 0) is 15.1 Å². The van der Waals surface area contributed by atoms with Crippen LogP contribution in [0.5, 0.6) is 0 Å². The minimum atomic E-state index is -1.54. The van der Waals surface area contributed by atoms with Gasteiger partial charge in [-0.25, -0.2) is 9.59 Å². The first-order valence-corrected chi connectivity index (χ1v) is 9.99. The van der Waals surface area contributed by atoms with Crippen molar-refractivity contribution in [3.05, 3.63) is 95.6 Å². The average molecular weight is 401 g/mol. The van der Waals surface area contributed by atoms with Crippen molar-refractivity contribution in [1.82, 2.24) is 5.32 Å². The van der Waals surface area contributed by atoms with Gasteiger partial charge in [0.1, 0.15) is 6.61 Å². The first kappa shape index (κ1) is 19.7. The zero-order chi connectivity index (χ0) is 21.1. The summed E-state index contributed by atoms with van der Waals surface area (Å²) in [5.74, 6) is -1.20. The summed E-state index contributed by atoms with van der Waals surface area (Å²) >= 11 is 0. The molecular weight excluding hydrogens is 378 g/mol. The maximum absolute atomic E-state index is 12.7. The number of carbonyl (C=O) groups excluding carboxylic acids is 1. The number of aliphatic carboxylic acids is 1. The first-order chi connectivity index (χ1) is 14.6. The molecule has 1 atom stereocenters. The second-order valence-electron chi connectivity index (χ2n) is 7.38. The Morgan fingerprint density at radius 3 is 1.97 bits per heavy atom. The standard InChI is InChI=1S/C25H23NO4/c1-2-25(23(27)28,17-10-4-3-5-11-17)26-24(29)30-16-22-20-14-8-6-12-18(20)19-13-7-9-15-21(19)22/h3-15,22H,2,16H2,1H3,(H,26,29)(H,27,28). The number of rotatable bonds is 6. The van der Waals surface area contributed by atoms with Crippen molar-refractivity contribution in [2.75, 3.05) is 6.61 Å². The zero-order valence-electron chi connectivity index (χ0n) is 16.7. The van der Waals surface area contributed by atoms with Crippen LogP contribution in [0.3, 0.4) is 0 Å². The van der Waals surface area contributed by atoms with Gasteiger partial charge in [0.25, 0.3) is 0 Å². The summed E-state index contributed by atoms with van der Waals surface area (Å²) in [7, 11) is 0. The van der Waals surface area contributed by atoms with E-state index in [2.05, 4.69) is 17.4 Å². The lowest BCUT2D eigenvalue weighted by Crippen LogP contribution is -2.51. The van der Waals surface area contributed by atoms with Crippen molar-refractivity contribution in [3.63, 3.8) is 0 Å². The first-order valence-electron chi connectivity index (χ1n) is 9.99. The molecule has 0 aromatic heterocycles. The number of hydrogen-bond acceptors (Lipinski definition) is 3. The van der Waals surface area contributed by atoms with Crippen molar-refractivity contribution in [3.8, 4) is 11.1 Å². The molecule has 3 aromatic carbocycles. The monoisotopic (exact) mass is 401 g/mol. The predicted molar refractivity (Wildman–Crippen MR) is 114 cm³/mol. The van der Waals surface area contributed by atoms with Gasteiger partial charge in [0.15, 0.2) is 5.54 Å². The van der Waals surface area contributed by atoms with Gasteiger partial charge >= 0.3 is 12.1 Å². The van der Waals surface area contributed by atoms with E-state index in [1.165, 1.54) is 0 Å². The SMILES string of the molecule is CCC(NC(=O)OCC1c2ccccc2-c2ccccc21)(C(=O)O)c1ccccc1. The van der Waals surface area contributed by atoms with Gasteiger partial charge in [-0.2, -0.15) is 0 Å². The summed E-state index contributed by atoms with van der Waals surface area (Å²) in [6, 6.07) is 24.8. The Morgan fingerprint density at radius 2 is 1.43 bits per heavy atom. The highest BCUT2D eigenvalue weighted by Crippen LogP contribution is 2.44. The largest absolute Gasteiger partial charge is 0.479 e. The number of fused-ring (bicyclic) bond motifs is 3. The maximum Gasteiger partial charge on any atom is 0.408 e. The number of carbonyl (C=O) groups is 2. The molecule has 0 fully saturated rings. The lowest BCUT2D eigenvalue weighted by Gasteiger charge is -2.29. The fraction of sp³-hybridized carbons (Fsp3) is 0.200. The van der Waals surface area contributed by atoms with Crippen LogP contribution in [0.25, 0.3) is 11.1 Å². The third-order valence-electron chi connectivity index (χ3n) is 5.82. The molecule has 0 bridgehead atoms. The Labute approximate surface area is 175 Å². The molecule has 0 heterocycles. The Morgan fingerprint density at radius 1 is 0.900 bits per heavy atom. The molecule has 4 rings (SSSR count). The number of carboxylic acid groups (broad SMARTS) is 1. The van der Waals surface area contributed by atoms with Crippen LogP contribution in [0.15, 0.2) is 78.9 Å². The number of benzene rings is 3. The molecule has 2 N–H and O–H groups in total. The van der Waals surface area contributed by atoms with E-state index in [-0.39, 0.29) is 18.9 Å². The number of hydrogen-bond donors (Lipinski definition) is 2. The summed E-state index contributed by atoms with van der Waals surface area (Å²) < 4.78 is 5.56. The molecule has 5 heteroatoms. The fourth-order valence-corrected chi connectivity index (χ4v) is 4.22. The Hall–Kier alpha value is -3.60. The van der Waals surface area contributed by atoms with Crippen LogP contribution in [0.4, 0.5) is 4.79 Å². The second kappa shape index (κ2) is 8.03. The van der Waals surface area contributed by atoms with Gasteiger partial charge in [-0.05, 0) is 34.2 Å². The third kappa shape index (κ3) is 3.32. The van der Waals surface area contributed by atoms with Crippen LogP contribution in [-0.4, -0.2) is 23.8 Å². The van der Waals surface area contributed by atoms with E-state index >= 15 is 0 Å². The van der Waals surface area contributed by atoms with Gasteiger partial charge < -0.3 is 15.2 Å². The average Bonchev–Trinajstić information content (AvgIpc) is 3.10. The van der Waals surface area contributed by atoms with Crippen molar-refractivity contribution >= 4 is 12.1 Å². The molecule has 0 saturated carbocycles. The van der Waals surface area contributed by atoms with Crippen LogP contribution >= 0.6 is 0 Å². The van der Waals surface area contributed by atoms with Gasteiger partial charge in [-0.1, -0.05) is 85.8 Å². The quantitative estimate of drug-likeness (QED) is 0.615. The van der Waals surface area contributed by atoms with Crippen molar-refractivity contribution in [1.29, 1.82) is 0 Å². The second-order valence-corrected chi connectivity index (χ2v) is 7.38. The minimum Gasteiger partial charge on any atom is -0.479 e. The van der Waals surface area contributed by atoms with E-state index in [0.717, 1.165) is 22.3 Å². The predicted octanol–water partition coefficient (Wildman–Crippen LogP) is 4.92. The van der Waals surface area contributed by atoms with Crippen LogP contribution < -0.4 is 5.32 Å². The highest BCUT2D eigenvalue weighted by Gasteiger charge is 2.41. The smallest absolute Gasteiger partial charge is 0.408 e. The molecule has 1 unspecified atom stereocenters. The lowest BCUT2D eigenvalue weighted by molar-refractivity contribution is -0.145. The van der Waals surface area contributed by atoms with Crippen LogP contribution in [0.2, 0.25) is 0 Å². The molecule has 0 radical (unpaired) electrons. The van der Waals surface area contributed by atoms with Gasteiger partial charge in [0.05, 0.1) is 0 Å². The van der Waals surface area contributed by atoms with Crippen molar-refractivity contribution < 1.29 is 19.4 Å². The molecular formula is C25H23NO4. The molecule has 0 aliphatic heterocycles. The molecule has 1 amide bonds. The summed E-state index contributed by atoms with van der Waals surface area (Å²) in [6.07, 6.45) is -0.554. The van der Waals surface area contributed by atoms with E-state index in [0.29, 0.717) is 5.56 Å². The molecule has 0 saturated heterocycles.